The minimum absolute atomic E-state index is 0.00124. The Balaban J connectivity index is -0.000000314. The highest BCUT2D eigenvalue weighted by Gasteiger charge is 2.28. The lowest BCUT2D eigenvalue weighted by Crippen LogP contribution is -2.12. The van der Waals surface area contributed by atoms with Crippen LogP contribution in [0.2, 0.25) is 0 Å². The molecule has 7 aromatic rings. The first-order valence-corrected chi connectivity index (χ1v) is 40.2. The van der Waals surface area contributed by atoms with Gasteiger partial charge in [-0.3, -0.25) is 4.79 Å². The highest BCUT2D eigenvalue weighted by Crippen LogP contribution is 2.56. The molecule has 0 radical (unpaired) electrons. The summed E-state index contributed by atoms with van der Waals surface area (Å²) in [7, 11) is -8.80. The van der Waals surface area contributed by atoms with Gasteiger partial charge in [-0.1, -0.05) is 6.92 Å². The van der Waals surface area contributed by atoms with Gasteiger partial charge < -0.3 is 142 Å². The van der Waals surface area contributed by atoms with Gasteiger partial charge in [0.15, 0.2) is 57.5 Å². The molecule has 53 heteroatoms. The SMILES string of the molecule is CCCNc1c(O)c(NCC)c(OC)c(O)c1OC.CCNc1c(O)c(C)c(OC)c(O)c1OC.CCNc1c(O)c(NCC(C)=O)c(OC)c(O)c1OC.CCNc1c(O)cc(C)c(O)c1OC.CCNc1cc(O)c(C)cc1O.Cc1cc(O)ccc1O.Cc1cc(O)ccc1O.O=S(=O)=O.O=S(=O)=O.O=S(=O)=O.O=S(=O)=O.O=S(=O)=O.O=S(=O)=O. The molecule has 0 aliphatic rings. The smallest absolute Gasteiger partial charge is 0.425 e. The van der Waals surface area contributed by atoms with Crippen LogP contribution in [0.1, 0.15) is 82.7 Å². The van der Waals surface area contributed by atoms with Crippen molar-refractivity contribution in [2.24, 2.45) is 0 Å². The van der Waals surface area contributed by atoms with Gasteiger partial charge in [0.25, 0.3) is 0 Å². The van der Waals surface area contributed by atoms with Crippen molar-refractivity contribution in [1.82, 2.24) is 0 Å². The second-order valence-corrected chi connectivity index (χ2v) is 24.7. The summed E-state index contributed by atoms with van der Waals surface area (Å²) in [5, 5.41) is 155. The van der Waals surface area contributed by atoms with E-state index >= 15 is 0 Å². The molecule has 0 spiro atoms. The zero-order chi connectivity index (χ0) is 97.0. The Bertz CT molecular complexity index is 4930. The summed E-state index contributed by atoms with van der Waals surface area (Å²) in [6, 6.07) is 13.4. The van der Waals surface area contributed by atoms with E-state index in [9.17, 15) is 55.9 Å². The molecule has 694 valence electrons. The van der Waals surface area contributed by atoms with E-state index in [1.807, 2.05) is 41.5 Å². The lowest BCUT2D eigenvalue weighted by Gasteiger charge is -2.20. The van der Waals surface area contributed by atoms with Crippen LogP contribution in [0.5, 0.6) is 121 Å². The van der Waals surface area contributed by atoms with Crippen LogP contribution in [0.15, 0.2) is 54.6 Å². The zero-order valence-electron chi connectivity index (χ0n) is 69.7. The van der Waals surface area contributed by atoms with Crippen LogP contribution >= 0.6 is 0 Å². The number of nitrogens with one attached hydrogen (secondary N) is 7. The van der Waals surface area contributed by atoms with Crippen molar-refractivity contribution in [3.63, 3.8) is 0 Å². The Labute approximate surface area is 716 Å². The summed E-state index contributed by atoms with van der Waals surface area (Å²) >= 11 is 0. The normalized spacial score (nSPS) is 9.13. The number of benzene rings is 7. The fraction of sp³-hybridized carbons (Fsp3) is 0.386. The molecule has 47 nitrogen and oxygen atoms in total. The first-order valence-electron chi connectivity index (χ1n) is 34.2. The molecule has 123 heavy (non-hydrogen) atoms. The van der Waals surface area contributed by atoms with Crippen LogP contribution in [0.4, 0.5) is 39.8 Å². The van der Waals surface area contributed by atoms with E-state index in [1.54, 1.807) is 34.6 Å². The molecule has 0 saturated heterocycles. The van der Waals surface area contributed by atoms with Gasteiger partial charge in [-0.25, -0.2) is 0 Å². The van der Waals surface area contributed by atoms with Crippen LogP contribution in [-0.2, 0) is 68.4 Å². The van der Waals surface area contributed by atoms with E-state index < -0.39 is 63.7 Å². The number of phenols is 14. The third-order valence-corrected chi connectivity index (χ3v) is 13.7. The number of hydrogen-bond donors (Lipinski definition) is 21. The van der Waals surface area contributed by atoms with Gasteiger partial charge in [0.1, 0.15) is 85.9 Å². The number of aryl methyl sites for hydroxylation is 4. The number of ketones is 1. The highest BCUT2D eigenvalue weighted by atomic mass is 32.2. The summed E-state index contributed by atoms with van der Waals surface area (Å²) in [6.45, 7) is 25.1. The van der Waals surface area contributed by atoms with Crippen LogP contribution in [0.3, 0.4) is 0 Å². The maximum Gasteiger partial charge on any atom is 0.425 e. The van der Waals surface area contributed by atoms with Crippen LogP contribution < -0.4 is 70.4 Å². The average Bonchev–Trinajstić information content (AvgIpc) is 0.804. The van der Waals surface area contributed by atoms with E-state index in [0.29, 0.717) is 89.0 Å². The maximum atomic E-state index is 11.1. The van der Waals surface area contributed by atoms with E-state index in [-0.39, 0.29) is 144 Å². The number of methoxy groups -OCH3 is 7. The van der Waals surface area contributed by atoms with Gasteiger partial charge in [0, 0.05) is 50.9 Å². The molecular weight excluding hydrogens is 1770 g/mol. The Morgan fingerprint density at radius 3 is 0.821 bits per heavy atom. The van der Waals surface area contributed by atoms with E-state index in [0.717, 1.165) is 13.0 Å². The van der Waals surface area contributed by atoms with Gasteiger partial charge in [-0.15, -0.1) is 75.8 Å². The number of aromatic hydroxyl groups is 14. The minimum atomic E-state index is -3.11. The van der Waals surface area contributed by atoms with Crippen molar-refractivity contribution in [2.45, 2.75) is 89.5 Å². The number of carbonyl (C=O) groups is 1. The van der Waals surface area contributed by atoms with Crippen molar-refractivity contribution < 1.29 is 185 Å². The van der Waals surface area contributed by atoms with E-state index in [4.69, 9.17) is 129 Å². The van der Waals surface area contributed by atoms with Gasteiger partial charge in [0.2, 0.25) is 17.2 Å². The van der Waals surface area contributed by atoms with E-state index in [1.165, 1.54) is 111 Å². The molecule has 0 aliphatic heterocycles. The summed E-state index contributed by atoms with van der Waals surface area (Å²) < 4.78 is 188. The molecule has 0 saturated carbocycles. The van der Waals surface area contributed by atoms with Crippen LogP contribution in [0, 0.1) is 34.6 Å². The molecule has 0 unspecified atom stereocenters. The first kappa shape index (κ1) is 120. The Morgan fingerprint density at radius 2 is 0.545 bits per heavy atom. The van der Waals surface area contributed by atoms with Crippen molar-refractivity contribution in [1.29, 1.82) is 0 Å². The molecule has 21 N–H and O–H groups in total. The maximum absolute atomic E-state index is 11.1. The molecule has 0 bridgehead atoms. The highest BCUT2D eigenvalue weighted by molar-refractivity contribution is 7.59. The van der Waals surface area contributed by atoms with Crippen molar-refractivity contribution in [2.75, 3.05) is 133 Å². The molecule has 0 heterocycles. The van der Waals surface area contributed by atoms with Crippen LogP contribution in [0.25, 0.3) is 0 Å². The largest absolute Gasteiger partial charge is 0.508 e. The average molecular weight is 1880 g/mol. The minimum Gasteiger partial charge on any atom is -0.508 e. The monoisotopic (exact) mass is 1870 g/mol. The first-order chi connectivity index (χ1) is 57.2. The fourth-order valence-corrected chi connectivity index (χ4v) is 8.82. The number of phenolic OH excluding ortho intramolecular Hbond substituents is 14. The van der Waals surface area contributed by atoms with Gasteiger partial charge in [-0.05, 0) is 153 Å². The number of carbonyl (C=O) groups excluding carboxylic acids is 1. The molecular formula is C70H103N7O40S6. The number of Topliss-reactive ketones (excluding diaryl/α,β-unsaturated/α-hetero) is 1. The Kier molecular flexibility index (Phi) is 64.6. The van der Waals surface area contributed by atoms with Gasteiger partial charge in [0.05, 0.1) is 62.0 Å². The summed E-state index contributed by atoms with van der Waals surface area (Å²) in [5.74, 6) is 1.61. The topological polar surface area (TPSA) is 756 Å². The lowest BCUT2D eigenvalue weighted by atomic mass is 10.1. The fourth-order valence-electron chi connectivity index (χ4n) is 8.82. The second-order valence-electron chi connectivity index (χ2n) is 22.2. The molecule has 0 aliphatic carbocycles. The molecule has 0 fully saturated rings. The van der Waals surface area contributed by atoms with Gasteiger partial charge >= 0.3 is 63.7 Å². The van der Waals surface area contributed by atoms with Crippen molar-refractivity contribution in [3.05, 3.63) is 82.4 Å². The van der Waals surface area contributed by atoms with Crippen molar-refractivity contribution in [3.8, 4) is 121 Å². The summed E-state index contributed by atoms with van der Waals surface area (Å²) in [6.07, 6.45) is 0.881. The van der Waals surface area contributed by atoms with Gasteiger partial charge in [-0.2, -0.15) is 0 Å². The standard InChI is InChI=1S/C13H20N2O5.C13H22N2O4.C11H17NO4.C10H15NO3.C9H13NO2.2C7H8O2.6O3S/c1-5-14-8-10(17)9(15-6-7(2)16)13(20-4)11(18)12(8)19-3;1-5-7-15-9-10(16)8(14-6-2)12(18-3)11(17)13(9)19-4;1-5-12-7-8(13)6(2)10(15-3)9(14)11(7)16-4;1-4-11-8-7(12)5-6(2)9(13)10(8)14-3;1-3-10-7-5-8(11)6(2)4-9(7)12;2*1-5-4-6(8)2-3-7(5)9;6*1-4(2)3/h14-15,17-18H,5-6H2,1-4H3;14-17H,5-7H2,1-4H3;12-14H,5H2,1-4H3;5,11-13H,4H2,1-3H3;4-5,10-12H,3H2,1-2H3;2*2-4,8-9H,1H3;;;;;;. The summed E-state index contributed by atoms with van der Waals surface area (Å²) in [4.78, 5) is 11.1. The molecule has 0 amide bonds. The lowest BCUT2D eigenvalue weighted by molar-refractivity contribution is -0.115. The third kappa shape index (κ3) is 48.9. The third-order valence-electron chi connectivity index (χ3n) is 13.7. The van der Waals surface area contributed by atoms with E-state index in [2.05, 4.69) is 37.2 Å². The van der Waals surface area contributed by atoms with Crippen LogP contribution in [-0.4, -0.2) is 249 Å². The number of ether oxygens (including phenoxy) is 7. The van der Waals surface area contributed by atoms with Crippen molar-refractivity contribution >= 4 is 109 Å². The molecule has 0 atom stereocenters. The predicted octanol–water partition coefficient (Wildman–Crippen LogP) is 6.24. The Morgan fingerprint density at radius 1 is 0.285 bits per heavy atom. The predicted molar refractivity (Wildman–Crippen MR) is 445 cm³/mol. The summed E-state index contributed by atoms with van der Waals surface area (Å²) in [5.41, 5.74) is 5.56. The molecule has 7 rings (SSSR count). The molecule has 0 aromatic heterocycles. The molecule has 7 aromatic carbocycles. The number of hydrogen-bond acceptors (Lipinski definition) is 47. The quantitative estimate of drug-likeness (QED) is 0.0249. The zero-order valence-corrected chi connectivity index (χ0v) is 74.6. The number of rotatable bonds is 23. The second kappa shape index (κ2) is 66.2. The number of anilines is 7. The Hall–Kier alpha value is -13.7.